The van der Waals surface area contributed by atoms with E-state index in [0.29, 0.717) is 0 Å². The van der Waals surface area contributed by atoms with E-state index in [4.69, 9.17) is 0 Å². The van der Waals surface area contributed by atoms with E-state index in [1.165, 1.54) is 0 Å². The van der Waals surface area contributed by atoms with E-state index >= 15 is 0 Å². The molecule has 0 aromatic carbocycles. The molecule has 1 aromatic heterocycles. The summed E-state index contributed by atoms with van der Waals surface area (Å²) in [5, 5.41) is 0. The molecule has 1 aromatic rings. The van der Waals surface area contributed by atoms with Crippen molar-refractivity contribution >= 4 is 5.91 Å². The Kier molecular flexibility index (Phi) is 3.79. The molecule has 3 heteroatoms. The molecule has 3 nitrogen and oxygen atoms in total. The molecule has 0 saturated heterocycles. The Labute approximate surface area is 98.1 Å². The Balaban J connectivity index is 2.90. The Bertz CT molecular complexity index is 356. The number of aromatic nitrogens is 1. The molecule has 0 unspecified atom stereocenters. The Morgan fingerprint density at radius 3 is 2.25 bits per heavy atom. The first-order chi connectivity index (χ1) is 7.40. The first-order valence-electron chi connectivity index (χ1n) is 5.88. The van der Waals surface area contributed by atoms with Crippen LogP contribution in [-0.4, -0.2) is 28.5 Å². The predicted molar refractivity (Wildman–Crippen MR) is 66.7 cm³/mol. The second-order valence-corrected chi connectivity index (χ2v) is 4.96. The Morgan fingerprint density at radius 1 is 1.31 bits per heavy atom. The fourth-order valence-corrected chi connectivity index (χ4v) is 1.63. The molecule has 0 spiro atoms. The Hall–Kier alpha value is -1.25. The zero-order valence-electron chi connectivity index (χ0n) is 10.9. The SMILES string of the molecule is CCN(CC)C(=O)c1ccn(C(C)(C)C)c1. The molecule has 0 radical (unpaired) electrons. The monoisotopic (exact) mass is 222 g/mol. The lowest BCUT2D eigenvalue weighted by Crippen LogP contribution is -2.30. The van der Waals surface area contributed by atoms with Gasteiger partial charge in [0.2, 0.25) is 0 Å². The van der Waals surface area contributed by atoms with E-state index in [1.807, 2.05) is 37.2 Å². The maximum Gasteiger partial charge on any atom is 0.255 e. The highest BCUT2D eigenvalue weighted by atomic mass is 16.2. The molecule has 0 bridgehead atoms. The number of carbonyl (C=O) groups excluding carboxylic acids is 1. The summed E-state index contributed by atoms with van der Waals surface area (Å²) in [6.45, 7) is 11.9. The van der Waals surface area contributed by atoms with E-state index in [2.05, 4.69) is 25.3 Å². The molecule has 0 aliphatic carbocycles. The van der Waals surface area contributed by atoms with Gasteiger partial charge in [0.25, 0.3) is 5.91 Å². The van der Waals surface area contributed by atoms with Gasteiger partial charge in [-0.15, -0.1) is 0 Å². The molecule has 0 aliphatic rings. The summed E-state index contributed by atoms with van der Waals surface area (Å²) in [6.07, 6.45) is 3.90. The molecule has 0 saturated carbocycles. The number of hydrogen-bond donors (Lipinski definition) is 0. The fraction of sp³-hybridized carbons (Fsp3) is 0.615. The lowest BCUT2D eigenvalue weighted by atomic mass is 10.1. The minimum absolute atomic E-state index is 0.0296. The summed E-state index contributed by atoms with van der Waals surface area (Å²) in [5.74, 6) is 0.119. The Morgan fingerprint density at radius 2 is 1.88 bits per heavy atom. The van der Waals surface area contributed by atoms with E-state index in [1.54, 1.807) is 0 Å². The molecule has 0 aliphatic heterocycles. The number of hydrogen-bond acceptors (Lipinski definition) is 1. The average molecular weight is 222 g/mol. The van der Waals surface area contributed by atoms with Gasteiger partial charge < -0.3 is 9.47 Å². The number of amides is 1. The second-order valence-electron chi connectivity index (χ2n) is 4.96. The van der Waals surface area contributed by atoms with Gasteiger partial charge in [0, 0.05) is 31.0 Å². The lowest BCUT2D eigenvalue weighted by Gasteiger charge is -2.21. The third kappa shape index (κ3) is 2.65. The van der Waals surface area contributed by atoms with E-state index in [9.17, 15) is 4.79 Å². The van der Waals surface area contributed by atoms with Gasteiger partial charge in [-0.05, 0) is 40.7 Å². The topological polar surface area (TPSA) is 25.2 Å². The summed E-state index contributed by atoms with van der Waals surface area (Å²) >= 11 is 0. The van der Waals surface area contributed by atoms with Crippen LogP contribution in [0, 0.1) is 0 Å². The smallest absolute Gasteiger partial charge is 0.255 e. The zero-order chi connectivity index (χ0) is 12.3. The third-order valence-electron chi connectivity index (χ3n) is 2.77. The van der Waals surface area contributed by atoms with E-state index in [-0.39, 0.29) is 11.4 Å². The maximum absolute atomic E-state index is 12.1. The summed E-state index contributed by atoms with van der Waals surface area (Å²) in [6, 6.07) is 1.89. The molecule has 0 N–H and O–H groups in total. The van der Waals surface area contributed by atoms with E-state index < -0.39 is 0 Å². The van der Waals surface area contributed by atoms with Crippen molar-refractivity contribution in [1.29, 1.82) is 0 Å². The van der Waals surface area contributed by atoms with Crippen LogP contribution in [0.4, 0.5) is 0 Å². The predicted octanol–water partition coefficient (Wildman–Crippen LogP) is 2.73. The molecule has 90 valence electrons. The molecule has 0 atom stereocenters. The lowest BCUT2D eigenvalue weighted by molar-refractivity contribution is 0.0773. The number of nitrogens with zero attached hydrogens (tertiary/aromatic N) is 2. The molecule has 1 amide bonds. The maximum atomic E-state index is 12.1. The second kappa shape index (κ2) is 4.73. The van der Waals surface area contributed by atoms with Crippen LogP contribution in [0.2, 0.25) is 0 Å². The van der Waals surface area contributed by atoms with E-state index in [0.717, 1.165) is 18.7 Å². The standard InChI is InChI=1S/C13H22N2O/c1-6-14(7-2)12(16)11-8-9-15(10-11)13(3,4)5/h8-10H,6-7H2,1-5H3. The van der Waals surface area contributed by atoms with Crippen molar-refractivity contribution in [2.45, 2.75) is 40.2 Å². The van der Waals surface area contributed by atoms with Gasteiger partial charge in [0.05, 0.1) is 5.56 Å². The molecular weight excluding hydrogens is 200 g/mol. The summed E-state index contributed by atoms with van der Waals surface area (Å²) in [7, 11) is 0. The van der Waals surface area contributed by atoms with Gasteiger partial charge in [-0.1, -0.05) is 0 Å². The summed E-state index contributed by atoms with van der Waals surface area (Å²) < 4.78 is 2.07. The van der Waals surface area contributed by atoms with Gasteiger partial charge >= 0.3 is 0 Å². The van der Waals surface area contributed by atoms with Crippen LogP contribution in [-0.2, 0) is 5.54 Å². The highest BCUT2D eigenvalue weighted by Crippen LogP contribution is 2.16. The van der Waals surface area contributed by atoms with Crippen LogP contribution in [0.1, 0.15) is 45.0 Å². The first-order valence-corrected chi connectivity index (χ1v) is 5.88. The zero-order valence-corrected chi connectivity index (χ0v) is 10.9. The van der Waals surface area contributed by atoms with Crippen molar-refractivity contribution in [3.8, 4) is 0 Å². The summed E-state index contributed by atoms with van der Waals surface area (Å²) in [4.78, 5) is 13.9. The third-order valence-corrected chi connectivity index (χ3v) is 2.77. The van der Waals surface area contributed by atoms with Crippen LogP contribution >= 0.6 is 0 Å². The summed E-state index contributed by atoms with van der Waals surface area (Å²) in [5.41, 5.74) is 0.806. The van der Waals surface area contributed by atoms with Gasteiger partial charge in [0.1, 0.15) is 0 Å². The average Bonchev–Trinajstić information content (AvgIpc) is 2.67. The van der Waals surface area contributed by atoms with Crippen LogP contribution < -0.4 is 0 Å². The highest BCUT2D eigenvalue weighted by Gasteiger charge is 2.17. The highest BCUT2D eigenvalue weighted by molar-refractivity contribution is 5.94. The minimum Gasteiger partial charge on any atom is -0.348 e. The van der Waals surface area contributed by atoms with Crippen LogP contribution in [0.5, 0.6) is 0 Å². The van der Waals surface area contributed by atoms with Gasteiger partial charge in [-0.3, -0.25) is 4.79 Å². The normalized spacial score (nSPS) is 11.6. The fourth-order valence-electron chi connectivity index (χ4n) is 1.63. The molecule has 1 rings (SSSR count). The minimum atomic E-state index is 0.0296. The van der Waals surface area contributed by atoms with Crippen molar-refractivity contribution in [1.82, 2.24) is 9.47 Å². The van der Waals surface area contributed by atoms with Crippen LogP contribution in [0.25, 0.3) is 0 Å². The molecule has 16 heavy (non-hydrogen) atoms. The van der Waals surface area contributed by atoms with Crippen molar-refractivity contribution < 1.29 is 4.79 Å². The van der Waals surface area contributed by atoms with Gasteiger partial charge in [-0.25, -0.2) is 0 Å². The largest absolute Gasteiger partial charge is 0.348 e. The van der Waals surface area contributed by atoms with Crippen molar-refractivity contribution in [2.75, 3.05) is 13.1 Å². The molecular formula is C13H22N2O. The quantitative estimate of drug-likeness (QED) is 0.772. The number of rotatable bonds is 3. The van der Waals surface area contributed by atoms with Crippen molar-refractivity contribution in [3.63, 3.8) is 0 Å². The van der Waals surface area contributed by atoms with Crippen molar-refractivity contribution in [2.24, 2.45) is 0 Å². The molecule has 0 fully saturated rings. The van der Waals surface area contributed by atoms with Crippen LogP contribution in [0.3, 0.4) is 0 Å². The van der Waals surface area contributed by atoms with Gasteiger partial charge in [0.15, 0.2) is 0 Å². The van der Waals surface area contributed by atoms with Crippen LogP contribution in [0.15, 0.2) is 18.5 Å². The molecule has 1 heterocycles. The van der Waals surface area contributed by atoms with Crippen molar-refractivity contribution in [3.05, 3.63) is 24.0 Å². The van der Waals surface area contributed by atoms with Gasteiger partial charge in [-0.2, -0.15) is 0 Å². The number of carbonyl (C=O) groups is 1. The first kappa shape index (κ1) is 12.8.